The Labute approximate surface area is 125 Å². The molecule has 0 saturated heterocycles. The maximum Gasteiger partial charge on any atom is 0.0589 e. The van der Waals surface area contributed by atoms with Gasteiger partial charge in [0.15, 0.2) is 0 Å². The number of hydrogen-bond donors (Lipinski definition) is 1. The van der Waals surface area contributed by atoms with Crippen LogP contribution in [0.1, 0.15) is 46.0 Å². The molecular formula is C16H34N2O2. The zero-order valence-electron chi connectivity index (χ0n) is 13.9. The summed E-state index contributed by atoms with van der Waals surface area (Å²) in [5.74, 6) is 0. The van der Waals surface area contributed by atoms with Crippen molar-refractivity contribution in [2.24, 2.45) is 11.1 Å². The van der Waals surface area contributed by atoms with Crippen molar-refractivity contribution in [3.8, 4) is 0 Å². The van der Waals surface area contributed by atoms with Crippen LogP contribution in [0.2, 0.25) is 0 Å². The van der Waals surface area contributed by atoms with Crippen molar-refractivity contribution in [3.05, 3.63) is 0 Å². The lowest BCUT2D eigenvalue weighted by Gasteiger charge is -2.56. The average molecular weight is 286 g/mol. The van der Waals surface area contributed by atoms with Crippen molar-refractivity contribution in [1.82, 2.24) is 4.90 Å². The summed E-state index contributed by atoms with van der Waals surface area (Å²) in [6, 6.07) is 0. The van der Waals surface area contributed by atoms with Crippen molar-refractivity contribution < 1.29 is 9.47 Å². The number of nitrogens with zero attached hydrogens (tertiary/aromatic N) is 1. The number of ether oxygens (including phenoxy) is 2. The zero-order valence-corrected chi connectivity index (χ0v) is 13.9. The molecule has 1 atom stereocenters. The summed E-state index contributed by atoms with van der Waals surface area (Å²) in [6.45, 7) is 9.08. The van der Waals surface area contributed by atoms with Gasteiger partial charge in [0.25, 0.3) is 0 Å². The van der Waals surface area contributed by atoms with E-state index in [4.69, 9.17) is 15.2 Å². The van der Waals surface area contributed by atoms with Crippen LogP contribution in [-0.4, -0.2) is 57.5 Å². The molecule has 0 spiro atoms. The van der Waals surface area contributed by atoms with Crippen LogP contribution in [0.15, 0.2) is 0 Å². The van der Waals surface area contributed by atoms with E-state index in [9.17, 15) is 0 Å². The minimum Gasteiger partial charge on any atom is -0.385 e. The molecule has 20 heavy (non-hydrogen) atoms. The molecule has 120 valence electrons. The number of methoxy groups -OCH3 is 2. The summed E-state index contributed by atoms with van der Waals surface area (Å²) in [5.41, 5.74) is 6.65. The van der Waals surface area contributed by atoms with Crippen molar-refractivity contribution in [2.75, 3.05) is 47.1 Å². The Balaban J connectivity index is 2.86. The first-order chi connectivity index (χ1) is 9.54. The lowest BCUT2D eigenvalue weighted by Crippen LogP contribution is -2.64. The summed E-state index contributed by atoms with van der Waals surface area (Å²) in [5, 5.41) is 0. The fourth-order valence-corrected chi connectivity index (χ4v) is 3.79. The molecule has 0 heterocycles. The van der Waals surface area contributed by atoms with E-state index in [1.807, 2.05) is 0 Å². The molecule has 1 saturated carbocycles. The highest BCUT2D eigenvalue weighted by molar-refractivity contribution is 5.05. The molecule has 0 amide bonds. The molecular weight excluding hydrogens is 252 g/mol. The van der Waals surface area contributed by atoms with E-state index in [0.29, 0.717) is 0 Å². The van der Waals surface area contributed by atoms with Gasteiger partial charge < -0.3 is 15.2 Å². The van der Waals surface area contributed by atoms with E-state index in [0.717, 1.165) is 39.3 Å². The van der Waals surface area contributed by atoms with E-state index in [-0.39, 0.29) is 11.0 Å². The maximum atomic E-state index is 6.28. The molecule has 1 aliphatic rings. The first-order valence-corrected chi connectivity index (χ1v) is 7.97. The van der Waals surface area contributed by atoms with E-state index in [1.165, 1.54) is 25.7 Å². The third-order valence-corrected chi connectivity index (χ3v) is 5.19. The molecule has 0 radical (unpaired) electrons. The van der Waals surface area contributed by atoms with Crippen LogP contribution in [0, 0.1) is 5.41 Å². The lowest BCUT2D eigenvalue weighted by atomic mass is 9.62. The molecule has 1 fully saturated rings. The predicted octanol–water partition coefficient (Wildman–Crippen LogP) is 2.27. The standard InChI is InChI=1S/C16H34N2O2/c1-15(2)8-5-6-9-16(15,14-17)18(11-13-20-4)10-7-12-19-3/h5-14,17H2,1-4H3. The minimum atomic E-state index is 0.109. The zero-order chi connectivity index (χ0) is 15.1. The third kappa shape index (κ3) is 3.94. The topological polar surface area (TPSA) is 47.7 Å². The predicted molar refractivity (Wildman–Crippen MR) is 84.0 cm³/mol. The lowest BCUT2D eigenvalue weighted by molar-refractivity contribution is -0.0553. The highest BCUT2D eigenvalue weighted by atomic mass is 16.5. The largest absolute Gasteiger partial charge is 0.385 e. The van der Waals surface area contributed by atoms with Crippen LogP contribution in [0.3, 0.4) is 0 Å². The van der Waals surface area contributed by atoms with Crippen molar-refractivity contribution in [1.29, 1.82) is 0 Å². The Morgan fingerprint density at radius 3 is 2.20 bits per heavy atom. The highest BCUT2D eigenvalue weighted by Crippen LogP contribution is 2.47. The molecule has 0 aromatic heterocycles. The van der Waals surface area contributed by atoms with Gasteiger partial charge in [-0.05, 0) is 24.7 Å². The molecule has 1 aliphatic carbocycles. The molecule has 4 heteroatoms. The molecule has 0 aliphatic heterocycles. The van der Waals surface area contributed by atoms with Gasteiger partial charge in [-0.1, -0.05) is 26.7 Å². The molecule has 0 aromatic carbocycles. The van der Waals surface area contributed by atoms with Gasteiger partial charge >= 0.3 is 0 Å². The van der Waals surface area contributed by atoms with Crippen LogP contribution < -0.4 is 5.73 Å². The Morgan fingerprint density at radius 1 is 1.00 bits per heavy atom. The second-order valence-corrected chi connectivity index (χ2v) is 6.65. The Bertz CT molecular complexity index is 271. The Hall–Kier alpha value is -0.160. The average Bonchev–Trinajstić information content (AvgIpc) is 2.43. The van der Waals surface area contributed by atoms with Gasteiger partial charge in [-0.25, -0.2) is 0 Å². The van der Waals surface area contributed by atoms with E-state index in [1.54, 1.807) is 14.2 Å². The van der Waals surface area contributed by atoms with Crippen LogP contribution in [-0.2, 0) is 9.47 Å². The Morgan fingerprint density at radius 2 is 1.65 bits per heavy atom. The van der Waals surface area contributed by atoms with Gasteiger partial charge in [0.2, 0.25) is 0 Å². The molecule has 0 aromatic rings. The second-order valence-electron chi connectivity index (χ2n) is 6.65. The maximum absolute atomic E-state index is 6.28. The molecule has 0 bridgehead atoms. The van der Waals surface area contributed by atoms with E-state index >= 15 is 0 Å². The van der Waals surface area contributed by atoms with Crippen LogP contribution in [0.25, 0.3) is 0 Å². The van der Waals surface area contributed by atoms with Gasteiger partial charge in [-0.3, -0.25) is 4.90 Å². The van der Waals surface area contributed by atoms with Crippen molar-refractivity contribution >= 4 is 0 Å². The van der Waals surface area contributed by atoms with Crippen molar-refractivity contribution in [2.45, 2.75) is 51.5 Å². The van der Waals surface area contributed by atoms with Crippen LogP contribution in [0.5, 0.6) is 0 Å². The van der Waals surface area contributed by atoms with E-state index in [2.05, 4.69) is 18.7 Å². The number of rotatable bonds is 9. The SMILES string of the molecule is COCCCN(CCOC)C1(CN)CCCCC1(C)C. The van der Waals surface area contributed by atoms with Gasteiger partial charge in [0.05, 0.1) is 6.61 Å². The Kier molecular flexibility index (Phi) is 7.45. The van der Waals surface area contributed by atoms with Crippen molar-refractivity contribution in [3.63, 3.8) is 0 Å². The summed E-state index contributed by atoms with van der Waals surface area (Å²) >= 11 is 0. The fraction of sp³-hybridized carbons (Fsp3) is 1.00. The van der Waals surface area contributed by atoms with E-state index < -0.39 is 0 Å². The van der Waals surface area contributed by atoms with Gasteiger partial charge in [-0.2, -0.15) is 0 Å². The van der Waals surface area contributed by atoms with Gasteiger partial charge in [0.1, 0.15) is 0 Å². The quantitative estimate of drug-likeness (QED) is 0.661. The first-order valence-electron chi connectivity index (χ1n) is 7.97. The molecule has 1 rings (SSSR count). The summed E-state index contributed by atoms with van der Waals surface area (Å²) in [4.78, 5) is 2.58. The number of hydrogen-bond acceptors (Lipinski definition) is 4. The highest BCUT2D eigenvalue weighted by Gasteiger charge is 2.49. The van der Waals surface area contributed by atoms with Crippen LogP contribution in [0.4, 0.5) is 0 Å². The monoisotopic (exact) mass is 286 g/mol. The smallest absolute Gasteiger partial charge is 0.0589 e. The second kappa shape index (κ2) is 8.32. The fourth-order valence-electron chi connectivity index (χ4n) is 3.79. The van der Waals surface area contributed by atoms with Gasteiger partial charge in [-0.15, -0.1) is 0 Å². The molecule has 1 unspecified atom stereocenters. The van der Waals surface area contributed by atoms with Crippen LogP contribution >= 0.6 is 0 Å². The summed E-state index contributed by atoms with van der Waals surface area (Å²) in [7, 11) is 3.54. The summed E-state index contributed by atoms with van der Waals surface area (Å²) in [6.07, 6.45) is 6.13. The first kappa shape index (κ1) is 17.9. The summed E-state index contributed by atoms with van der Waals surface area (Å²) < 4.78 is 10.5. The third-order valence-electron chi connectivity index (χ3n) is 5.19. The normalized spacial score (nSPS) is 26.1. The molecule has 2 N–H and O–H groups in total. The number of nitrogens with two attached hydrogens (primary N) is 1. The minimum absolute atomic E-state index is 0.109. The molecule has 4 nitrogen and oxygen atoms in total. The van der Waals surface area contributed by atoms with Gasteiger partial charge in [0, 0.05) is 46.0 Å².